The van der Waals surface area contributed by atoms with Crippen LogP contribution in [0.1, 0.15) is 20.8 Å². The number of hydrazone groups is 1. The van der Waals surface area contributed by atoms with Crippen molar-refractivity contribution in [2.75, 3.05) is 6.54 Å². The van der Waals surface area contributed by atoms with E-state index in [4.69, 9.17) is 0 Å². The van der Waals surface area contributed by atoms with Gasteiger partial charge in [0.05, 0.1) is 0 Å². The molecule has 0 saturated carbocycles. The highest BCUT2D eigenvalue weighted by molar-refractivity contribution is 5.58. The smallest absolute Gasteiger partial charge is 0.273 e. The van der Waals surface area contributed by atoms with E-state index in [1.54, 1.807) is 20.8 Å². The Balaban J connectivity index is 3.02. The minimum Gasteiger partial charge on any atom is -0.273 e. The van der Waals surface area contributed by atoms with Crippen LogP contribution < -0.4 is 0 Å². The minimum atomic E-state index is -5.62. The molecule has 0 aromatic rings. The van der Waals surface area contributed by atoms with Gasteiger partial charge in [0.25, 0.3) is 0 Å². The Morgan fingerprint density at radius 1 is 1.24 bits per heavy atom. The molecule has 17 heavy (non-hydrogen) atoms. The normalized spacial score (nSPS) is 21.8. The van der Waals surface area contributed by atoms with Crippen molar-refractivity contribution in [1.29, 1.82) is 0 Å². The third-order valence-corrected chi connectivity index (χ3v) is 2.50. The van der Waals surface area contributed by atoms with Crippen molar-refractivity contribution in [2.24, 2.45) is 11.0 Å². The summed E-state index contributed by atoms with van der Waals surface area (Å²) in [5.74, 6) is -0.411. The maximum atomic E-state index is 13.2. The van der Waals surface area contributed by atoms with Gasteiger partial charge < -0.3 is 0 Å². The molecule has 0 aromatic carbocycles. The number of rotatable bonds is 3. The SMILES string of the molecule is CCN1N=CN(C(F)(F)C(F)(F)F)C1C(C)C. The van der Waals surface area contributed by atoms with Gasteiger partial charge in [0, 0.05) is 6.54 Å². The molecule has 0 fully saturated rings. The lowest BCUT2D eigenvalue weighted by atomic mass is 10.1. The van der Waals surface area contributed by atoms with E-state index in [1.165, 1.54) is 5.01 Å². The van der Waals surface area contributed by atoms with Crippen molar-refractivity contribution in [3.63, 3.8) is 0 Å². The first-order chi connectivity index (χ1) is 7.63. The standard InChI is InChI=1S/C9H14F5N3/c1-4-17-7(6(2)3)16(5-15-17)9(13,14)8(10,11)12/h5-7H,4H2,1-3H3. The molecule has 100 valence electrons. The molecule has 0 aliphatic carbocycles. The van der Waals surface area contributed by atoms with Crippen LogP contribution in [-0.4, -0.2) is 41.2 Å². The Labute approximate surface area is 95.9 Å². The maximum Gasteiger partial charge on any atom is 0.475 e. The number of hydrogen-bond donors (Lipinski definition) is 0. The highest BCUT2D eigenvalue weighted by atomic mass is 19.4. The van der Waals surface area contributed by atoms with Gasteiger partial charge in [0.1, 0.15) is 12.5 Å². The monoisotopic (exact) mass is 259 g/mol. The van der Waals surface area contributed by atoms with Crippen molar-refractivity contribution < 1.29 is 22.0 Å². The van der Waals surface area contributed by atoms with Gasteiger partial charge in [-0.1, -0.05) is 13.8 Å². The average molecular weight is 259 g/mol. The molecule has 3 nitrogen and oxygen atoms in total. The Morgan fingerprint density at radius 2 is 1.76 bits per heavy atom. The van der Waals surface area contributed by atoms with Crippen LogP contribution in [0, 0.1) is 5.92 Å². The van der Waals surface area contributed by atoms with E-state index < -0.39 is 24.3 Å². The van der Waals surface area contributed by atoms with Crippen molar-refractivity contribution in [3.05, 3.63) is 0 Å². The van der Waals surface area contributed by atoms with E-state index >= 15 is 0 Å². The molecule has 1 unspecified atom stereocenters. The molecule has 0 aromatic heterocycles. The van der Waals surface area contributed by atoms with E-state index in [0.717, 1.165) is 0 Å². The summed E-state index contributed by atoms with van der Waals surface area (Å²) in [4.78, 5) is -0.0266. The Bertz CT molecular complexity index is 299. The van der Waals surface area contributed by atoms with Gasteiger partial charge in [0.2, 0.25) is 0 Å². The molecule has 0 amide bonds. The Morgan fingerprint density at radius 3 is 2.12 bits per heavy atom. The molecule has 8 heteroatoms. The second-order valence-electron chi connectivity index (χ2n) is 4.09. The summed E-state index contributed by atoms with van der Waals surface area (Å²) < 4.78 is 63.3. The fraction of sp³-hybridized carbons (Fsp3) is 0.889. The van der Waals surface area contributed by atoms with Crippen LogP contribution in [0.4, 0.5) is 22.0 Å². The van der Waals surface area contributed by atoms with Crippen molar-refractivity contribution in [3.8, 4) is 0 Å². The molecule has 1 rings (SSSR count). The summed E-state index contributed by atoms with van der Waals surface area (Å²) in [7, 11) is 0. The quantitative estimate of drug-likeness (QED) is 0.573. The zero-order valence-electron chi connectivity index (χ0n) is 9.67. The van der Waals surface area contributed by atoms with Crippen LogP contribution in [0.2, 0.25) is 0 Å². The zero-order valence-corrected chi connectivity index (χ0v) is 9.67. The molecule has 0 spiro atoms. The summed E-state index contributed by atoms with van der Waals surface area (Å²) >= 11 is 0. The van der Waals surface area contributed by atoms with Crippen molar-refractivity contribution in [2.45, 2.75) is 39.2 Å². The van der Waals surface area contributed by atoms with Crippen LogP contribution in [0.3, 0.4) is 0 Å². The molecule has 1 atom stereocenters. The van der Waals surface area contributed by atoms with E-state index in [-0.39, 0.29) is 11.4 Å². The fourth-order valence-corrected chi connectivity index (χ4v) is 1.72. The van der Waals surface area contributed by atoms with Crippen LogP contribution in [-0.2, 0) is 0 Å². The van der Waals surface area contributed by atoms with Crippen LogP contribution in [0.5, 0.6) is 0 Å². The van der Waals surface area contributed by atoms with Gasteiger partial charge in [-0.2, -0.15) is 27.1 Å². The number of nitrogens with zero attached hydrogens (tertiary/aromatic N) is 3. The topological polar surface area (TPSA) is 18.8 Å². The largest absolute Gasteiger partial charge is 0.475 e. The van der Waals surface area contributed by atoms with Gasteiger partial charge in [-0.05, 0) is 12.8 Å². The second kappa shape index (κ2) is 4.30. The van der Waals surface area contributed by atoms with Gasteiger partial charge in [-0.25, -0.2) is 0 Å². The maximum absolute atomic E-state index is 13.2. The molecule has 0 bridgehead atoms. The second-order valence-corrected chi connectivity index (χ2v) is 4.09. The molecule has 0 saturated heterocycles. The van der Waals surface area contributed by atoms with Gasteiger partial charge in [-0.15, -0.1) is 0 Å². The van der Waals surface area contributed by atoms with E-state index in [0.29, 0.717) is 6.34 Å². The number of hydrogen-bond acceptors (Lipinski definition) is 3. The van der Waals surface area contributed by atoms with Crippen molar-refractivity contribution >= 4 is 6.34 Å². The summed E-state index contributed by atoms with van der Waals surface area (Å²) in [6.07, 6.45) is -6.14. The predicted molar refractivity (Wildman–Crippen MR) is 52.3 cm³/mol. The number of halogens is 5. The number of alkyl halides is 5. The van der Waals surface area contributed by atoms with Gasteiger partial charge in [0.15, 0.2) is 0 Å². The Kier molecular flexibility index (Phi) is 3.54. The highest BCUT2D eigenvalue weighted by Crippen LogP contribution is 2.41. The zero-order chi connectivity index (χ0) is 13.4. The van der Waals surface area contributed by atoms with E-state index in [1.807, 2.05) is 0 Å². The first-order valence-corrected chi connectivity index (χ1v) is 5.16. The first kappa shape index (κ1) is 14.0. The van der Waals surface area contributed by atoms with Crippen molar-refractivity contribution in [1.82, 2.24) is 9.91 Å². The summed E-state index contributed by atoms with van der Waals surface area (Å²) in [6, 6.07) is -4.91. The molecule has 0 N–H and O–H groups in total. The van der Waals surface area contributed by atoms with Crippen LogP contribution in [0.15, 0.2) is 5.10 Å². The predicted octanol–water partition coefficient (Wildman–Crippen LogP) is 2.70. The molecular formula is C9H14F5N3. The lowest BCUT2D eigenvalue weighted by molar-refractivity contribution is -0.335. The average Bonchev–Trinajstić information content (AvgIpc) is 2.59. The third-order valence-electron chi connectivity index (χ3n) is 2.50. The lowest BCUT2D eigenvalue weighted by Crippen LogP contribution is -2.58. The van der Waals surface area contributed by atoms with E-state index in [9.17, 15) is 22.0 Å². The summed E-state index contributed by atoms with van der Waals surface area (Å²) in [6.45, 7) is 5.05. The van der Waals surface area contributed by atoms with E-state index in [2.05, 4.69) is 5.10 Å². The molecule has 1 aliphatic heterocycles. The van der Waals surface area contributed by atoms with Crippen LogP contribution >= 0.6 is 0 Å². The Hall–Kier alpha value is -1.08. The lowest BCUT2D eigenvalue weighted by Gasteiger charge is -2.37. The first-order valence-electron chi connectivity index (χ1n) is 5.16. The third kappa shape index (κ3) is 2.30. The van der Waals surface area contributed by atoms with Crippen LogP contribution in [0.25, 0.3) is 0 Å². The van der Waals surface area contributed by atoms with Gasteiger partial charge in [-0.3, -0.25) is 9.91 Å². The molecule has 1 aliphatic rings. The molecule has 1 heterocycles. The summed E-state index contributed by atoms with van der Waals surface area (Å²) in [5, 5.41) is 4.78. The molecular weight excluding hydrogens is 245 g/mol. The molecule has 0 radical (unpaired) electrons. The highest BCUT2D eigenvalue weighted by Gasteiger charge is 2.64. The minimum absolute atomic E-state index is 0.0266. The summed E-state index contributed by atoms with van der Waals surface area (Å²) in [5.41, 5.74) is 0. The fourth-order valence-electron chi connectivity index (χ4n) is 1.72. The van der Waals surface area contributed by atoms with Gasteiger partial charge >= 0.3 is 12.2 Å².